The van der Waals surface area contributed by atoms with Crippen LogP contribution < -0.4 is 0 Å². The van der Waals surface area contributed by atoms with Gasteiger partial charge in [0.25, 0.3) is 0 Å². The number of carbonyl (C=O) groups excluding carboxylic acids is 1. The first-order valence-electron chi connectivity index (χ1n) is 16.4. The van der Waals surface area contributed by atoms with Crippen LogP contribution >= 0.6 is 0 Å². The fourth-order valence-corrected chi connectivity index (χ4v) is 5.44. The molecule has 1 heteroatoms. The lowest BCUT2D eigenvalue weighted by Crippen LogP contribution is -2.02. The van der Waals surface area contributed by atoms with Gasteiger partial charge in [-0.15, -0.1) is 0 Å². The molecule has 1 aromatic rings. The molecule has 0 amide bonds. The Hall–Kier alpha value is -1.11. The zero-order chi connectivity index (χ0) is 26.1. The van der Waals surface area contributed by atoms with E-state index < -0.39 is 0 Å². The number of unbranched alkanes of at least 4 members (excludes halogenated alkanes) is 20. The predicted octanol–water partition coefficient (Wildman–Crippen LogP) is 12.0. The average molecular weight is 499 g/mol. The molecule has 0 fully saturated rings. The molecule has 0 radical (unpaired) electrons. The normalized spacial score (nSPS) is 11.3. The van der Waals surface area contributed by atoms with Crippen molar-refractivity contribution in [2.24, 2.45) is 0 Å². The number of rotatable bonds is 26. The standard InChI is InChI=1S/C35H62O/c1-4-7-9-11-13-15-17-19-21-23-25-27-32-29-30-34(35(36)6-3)31-33(32)28-26-24-22-20-18-16-14-12-10-8-5-2/h29-31H,4-28H2,1-3H3. The minimum absolute atomic E-state index is 0.288. The summed E-state index contributed by atoms with van der Waals surface area (Å²) < 4.78 is 0. The topological polar surface area (TPSA) is 17.1 Å². The fraction of sp³-hybridized carbons (Fsp3) is 0.800. The summed E-state index contributed by atoms with van der Waals surface area (Å²) in [5, 5.41) is 0. The number of aryl methyl sites for hydroxylation is 2. The summed E-state index contributed by atoms with van der Waals surface area (Å²) in [6.07, 6.45) is 33.5. The summed E-state index contributed by atoms with van der Waals surface area (Å²) in [5.74, 6) is 0.288. The molecule has 0 heterocycles. The van der Waals surface area contributed by atoms with E-state index in [0.29, 0.717) is 6.42 Å². The van der Waals surface area contributed by atoms with Gasteiger partial charge in [0, 0.05) is 12.0 Å². The van der Waals surface area contributed by atoms with Crippen molar-refractivity contribution in [3.05, 3.63) is 34.9 Å². The van der Waals surface area contributed by atoms with Crippen molar-refractivity contribution in [1.29, 1.82) is 0 Å². The maximum atomic E-state index is 12.3. The maximum absolute atomic E-state index is 12.3. The lowest BCUT2D eigenvalue weighted by Gasteiger charge is -2.12. The van der Waals surface area contributed by atoms with Crippen molar-refractivity contribution < 1.29 is 4.79 Å². The van der Waals surface area contributed by atoms with E-state index in [1.807, 2.05) is 6.92 Å². The molecular weight excluding hydrogens is 436 g/mol. The third kappa shape index (κ3) is 17.4. The summed E-state index contributed by atoms with van der Waals surface area (Å²) in [4.78, 5) is 12.3. The Morgan fingerprint density at radius 2 is 0.833 bits per heavy atom. The van der Waals surface area contributed by atoms with Crippen molar-refractivity contribution in [3.8, 4) is 0 Å². The van der Waals surface area contributed by atoms with Gasteiger partial charge in [0.2, 0.25) is 0 Å². The molecule has 1 nitrogen and oxygen atoms in total. The zero-order valence-electron chi connectivity index (χ0n) is 24.8. The highest BCUT2D eigenvalue weighted by Gasteiger charge is 2.09. The zero-order valence-corrected chi connectivity index (χ0v) is 24.8. The molecule has 0 atom stereocenters. The Labute approximate surface area is 226 Å². The highest BCUT2D eigenvalue weighted by molar-refractivity contribution is 5.96. The van der Waals surface area contributed by atoms with Gasteiger partial charge in [0.15, 0.2) is 5.78 Å². The Morgan fingerprint density at radius 3 is 1.22 bits per heavy atom. The predicted molar refractivity (Wildman–Crippen MR) is 161 cm³/mol. The van der Waals surface area contributed by atoms with Gasteiger partial charge in [0.1, 0.15) is 0 Å². The first-order chi connectivity index (χ1) is 17.7. The molecule has 0 N–H and O–H groups in total. The Kier molecular flexibility index (Phi) is 22.2. The Balaban J connectivity index is 2.27. The summed E-state index contributed by atoms with van der Waals surface area (Å²) in [5.41, 5.74) is 3.89. The van der Waals surface area contributed by atoms with Gasteiger partial charge in [-0.05, 0) is 42.9 Å². The van der Waals surface area contributed by atoms with Crippen LogP contribution in [-0.4, -0.2) is 5.78 Å². The molecule has 0 spiro atoms. The van der Waals surface area contributed by atoms with Crippen LogP contribution in [0.2, 0.25) is 0 Å². The largest absolute Gasteiger partial charge is 0.294 e. The van der Waals surface area contributed by atoms with Crippen LogP contribution in [0.1, 0.15) is 190 Å². The first-order valence-corrected chi connectivity index (χ1v) is 16.4. The Morgan fingerprint density at radius 1 is 0.472 bits per heavy atom. The van der Waals surface area contributed by atoms with Crippen LogP contribution in [0.5, 0.6) is 0 Å². The molecule has 0 aliphatic carbocycles. The van der Waals surface area contributed by atoms with E-state index in [1.54, 1.807) is 0 Å². The van der Waals surface area contributed by atoms with E-state index in [0.717, 1.165) is 12.0 Å². The monoisotopic (exact) mass is 498 g/mol. The van der Waals surface area contributed by atoms with Crippen LogP contribution in [0.15, 0.2) is 18.2 Å². The van der Waals surface area contributed by atoms with Gasteiger partial charge in [-0.25, -0.2) is 0 Å². The molecule has 1 rings (SSSR count). The van der Waals surface area contributed by atoms with Gasteiger partial charge in [-0.3, -0.25) is 4.79 Å². The van der Waals surface area contributed by atoms with E-state index >= 15 is 0 Å². The van der Waals surface area contributed by atoms with E-state index in [-0.39, 0.29) is 5.78 Å². The van der Waals surface area contributed by atoms with Crippen LogP contribution in [0.3, 0.4) is 0 Å². The second-order valence-electron chi connectivity index (χ2n) is 11.3. The van der Waals surface area contributed by atoms with E-state index in [2.05, 4.69) is 32.0 Å². The molecule has 0 saturated heterocycles. The van der Waals surface area contributed by atoms with Gasteiger partial charge >= 0.3 is 0 Å². The second-order valence-corrected chi connectivity index (χ2v) is 11.3. The fourth-order valence-electron chi connectivity index (χ4n) is 5.44. The molecule has 0 unspecified atom stereocenters. The SMILES string of the molecule is CCCCCCCCCCCCCc1ccc(C(=O)CC)cc1CCCCCCCCCCCCC. The molecule has 0 aliphatic rings. The molecule has 0 aromatic heterocycles. The van der Waals surface area contributed by atoms with Gasteiger partial charge < -0.3 is 0 Å². The summed E-state index contributed by atoms with van der Waals surface area (Å²) >= 11 is 0. The molecule has 0 saturated carbocycles. The molecule has 0 bridgehead atoms. The lowest BCUT2D eigenvalue weighted by molar-refractivity contribution is 0.0988. The van der Waals surface area contributed by atoms with Crippen LogP contribution in [0, 0.1) is 0 Å². The number of carbonyl (C=O) groups is 1. The van der Waals surface area contributed by atoms with Crippen LogP contribution in [0.25, 0.3) is 0 Å². The minimum Gasteiger partial charge on any atom is -0.294 e. The number of Topliss-reactive ketones (excluding diaryl/α,β-unsaturated/α-hetero) is 1. The smallest absolute Gasteiger partial charge is 0.162 e. The minimum atomic E-state index is 0.288. The van der Waals surface area contributed by atoms with Crippen LogP contribution in [-0.2, 0) is 12.8 Å². The molecular formula is C35H62O. The molecule has 0 aliphatic heterocycles. The number of benzene rings is 1. The van der Waals surface area contributed by atoms with E-state index in [4.69, 9.17) is 0 Å². The van der Waals surface area contributed by atoms with Gasteiger partial charge in [-0.1, -0.05) is 161 Å². The first kappa shape index (κ1) is 32.9. The summed E-state index contributed by atoms with van der Waals surface area (Å²) in [6, 6.07) is 6.59. The van der Waals surface area contributed by atoms with Crippen LogP contribution in [0.4, 0.5) is 0 Å². The van der Waals surface area contributed by atoms with Gasteiger partial charge in [-0.2, -0.15) is 0 Å². The summed E-state index contributed by atoms with van der Waals surface area (Å²) in [7, 11) is 0. The van der Waals surface area contributed by atoms with E-state index in [9.17, 15) is 4.79 Å². The lowest BCUT2D eigenvalue weighted by atomic mass is 9.93. The van der Waals surface area contributed by atoms with Crippen molar-refractivity contribution in [2.45, 2.75) is 181 Å². The Bertz CT molecular complexity index is 632. The van der Waals surface area contributed by atoms with Crippen molar-refractivity contribution >= 4 is 5.78 Å². The molecule has 1 aromatic carbocycles. The highest BCUT2D eigenvalue weighted by Crippen LogP contribution is 2.21. The highest BCUT2D eigenvalue weighted by atomic mass is 16.1. The number of ketones is 1. The quantitative estimate of drug-likeness (QED) is 0.0916. The summed E-state index contributed by atoms with van der Waals surface area (Å²) in [6.45, 7) is 6.56. The molecule has 36 heavy (non-hydrogen) atoms. The van der Waals surface area contributed by atoms with Crippen molar-refractivity contribution in [1.82, 2.24) is 0 Å². The maximum Gasteiger partial charge on any atom is 0.162 e. The average Bonchev–Trinajstić information content (AvgIpc) is 2.90. The van der Waals surface area contributed by atoms with E-state index in [1.165, 1.54) is 159 Å². The third-order valence-electron chi connectivity index (χ3n) is 7.95. The van der Waals surface area contributed by atoms with Crippen molar-refractivity contribution in [2.75, 3.05) is 0 Å². The molecule has 208 valence electrons. The number of hydrogen-bond acceptors (Lipinski definition) is 1. The second kappa shape index (κ2) is 24.2. The number of hydrogen-bond donors (Lipinski definition) is 0. The third-order valence-corrected chi connectivity index (χ3v) is 7.95. The van der Waals surface area contributed by atoms with Crippen molar-refractivity contribution in [3.63, 3.8) is 0 Å². The van der Waals surface area contributed by atoms with Gasteiger partial charge in [0.05, 0.1) is 0 Å².